The van der Waals surface area contributed by atoms with Gasteiger partial charge in [0.2, 0.25) is 0 Å². The summed E-state index contributed by atoms with van der Waals surface area (Å²) in [6, 6.07) is 18.3. The van der Waals surface area contributed by atoms with Crippen LogP contribution in [0.5, 0.6) is 5.75 Å². The van der Waals surface area contributed by atoms with Crippen LogP contribution in [0.1, 0.15) is 31.1 Å². The van der Waals surface area contributed by atoms with Gasteiger partial charge < -0.3 is 19.5 Å². The van der Waals surface area contributed by atoms with Crippen molar-refractivity contribution in [3.05, 3.63) is 66.2 Å². The van der Waals surface area contributed by atoms with Crippen molar-refractivity contribution in [1.29, 1.82) is 0 Å². The van der Waals surface area contributed by atoms with E-state index >= 15 is 0 Å². The maximum atomic E-state index is 13.1. The highest BCUT2D eigenvalue weighted by molar-refractivity contribution is 6.10. The van der Waals surface area contributed by atoms with E-state index in [1.165, 1.54) is 0 Å². The van der Waals surface area contributed by atoms with Gasteiger partial charge in [-0.3, -0.25) is 15.0 Å². The van der Waals surface area contributed by atoms with E-state index in [0.29, 0.717) is 23.5 Å². The number of hydrogen-bond acceptors (Lipinski definition) is 6. The van der Waals surface area contributed by atoms with E-state index in [1.807, 2.05) is 36.4 Å². The molecule has 0 radical (unpaired) electrons. The summed E-state index contributed by atoms with van der Waals surface area (Å²) in [7, 11) is 0. The molecule has 2 amide bonds. The lowest BCUT2D eigenvalue weighted by Gasteiger charge is -2.26. The molecule has 0 aliphatic carbocycles. The standard InChI is InChI=1S/C28H33N3O5/c1-28(2,3)36-27(33)29-21-8-6-7-20(19-21)26(32)30-24-11-12-25(23-10-5-4-9-22(23)24)35-18-15-31-13-16-34-17-14-31/h4-12,19H,13-18H2,1-3H3,(H,29,33)(H,30,32). The number of rotatable bonds is 7. The highest BCUT2D eigenvalue weighted by Gasteiger charge is 2.17. The number of hydrogen-bond donors (Lipinski definition) is 2. The normalized spacial score (nSPS) is 14.3. The number of carbonyl (C=O) groups is 2. The Kier molecular flexibility index (Phi) is 8.07. The van der Waals surface area contributed by atoms with Gasteiger partial charge in [-0.1, -0.05) is 30.3 Å². The summed E-state index contributed by atoms with van der Waals surface area (Å²) >= 11 is 0. The zero-order valence-electron chi connectivity index (χ0n) is 21.0. The first-order valence-corrected chi connectivity index (χ1v) is 12.1. The quantitative estimate of drug-likeness (QED) is 0.475. The molecular formula is C28H33N3O5. The zero-order valence-corrected chi connectivity index (χ0v) is 21.0. The van der Waals surface area contributed by atoms with Crippen molar-refractivity contribution >= 4 is 34.1 Å². The molecule has 0 spiro atoms. The van der Waals surface area contributed by atoms with Gasteiger partial charge >= 0.3 is 6.09 Å². The molecule has 8 heteroatoms. The van der Waals surface area contributed by atoms with Gasteiger partial charge in [0.25, 0.3) is 5.91 Å². The molecule has 36 heavy (non-hydrogen) atoms. The molecule has 3 aromatic carbocycles. The van der Waals surface area contributed by atoms with Gasteiger partial charge in [0.15, 0.2) is 0 Å². The number of amides is 2. The Hall–Kier alpha value is -3.62. The summed E-state index contributed by atoms with van der Waals surface area (Å²) in [6.45, 7) is 10.2. The first-order chi connectivity index (χ1) is 17.3. The summed E-state index contributed by atoms with van der Waals surface area (Å²) in [5.74, 6) is 0.495. The second-order valence-corrected chi connectivity index (χ2v) is 9.62. The number of anilines is 2. The van der Waals surface area contributed by atoms with Gasteiger partial charge in [-0.15, -0.1) is 0 Å². The second-order valence-electron chi connectivity index (χ2n) is 9.62. The van der Waals surface area contributed by atoms with E-state index in [2.05, 4.69) is 15.5 Å². The third kappa shape index (κ3) is 6.96. The van der Waals surface area contributed by atoms with E-state index in [9.17, 15) is 9.59 Å². The minimum Gasteiger partial charge on any atom is -0.492 e. The summed E-state index contributed by atoms with van der Waals surface area (Å²) < 4.78 is 16.8. The lowest BCUT2D eigenvalue weighted by Crippen LogP contribution is -2.38. The Labute approximate surface area is 211 Å². The van der Waals surface area contributed by atoms with Crippen molar-refractivity contribution < 1.29 is 23.8 Å². The topological polar surface area (TPSA) is 89.1 Å². The number of carbonyl (C=O) groups excluding carboxylic acids is 2. The summed E-state index contributed by atoms with van der Waals surface area (Å²) in [5, 5.41) is 7.48. The van der Waals surface area contributed by atoms with Crippen LogP contribution < -0.4 is 15.4 Å². The molecule has 2 N–H and O–H groups in total. The number of morpholine rings is 1. The van der Waals surface area contributed by atoms with Crippen molar-refractivity contribution in [2.45, 2.75) is 26.4 Å². The van der Waals surface area contributed by atoms with Crippen LogP contribution in [0.3, 0.4) is 0 Å². The number of nitrogens with one attached hydrogen (secondary N) is 2. The van der Waals surface area contributed by atoms with Gasteiger partial charge in [-0.25, -0.2) is 4.79 Å². The molecule has 1 saturated heterocycles. The Morgan fingerprint density at radius 3 is 2.44 bits per heavy atom. The SMILES string of the molecule is CC(C)(C)OC(=O)Nc1cccc(C(=O)Nc2ccc(OCCN3CCOCC3)c3ccccc23)c1. The van der Waals surface area contributed by atoms with E-state index in [4.69, 9.17) is 14.2 Å². The molecule has 1 fully saturated rings. The molecule has 1 aliphatic heterocycles. The number of ether oxygens (including phenoxy) is 3. The van der Waals surface area contributed by atoms with Crippen LogP contribution in [0.15, 0.2) is 60.7 Å². The fourth-order valence-electron chi connectivity index (χ4n) is 3.97. The molecule has 0 aromatic heterocycles. The third-order valence-corrected chi connectivity index (χ3v) is 5.67. The van der Waals surface area contributed by atoms with Crippen LogP contribution in [0.25, 0.3) is 10.8 Å². The smallest absolute Gasteiger partial charge is 0.412 e. The van der Waals surface area contributed by atoms with Crippen LogP contribution in [-0.4, -0.2) is 62.0 Å². The van der Waals surface area contributed by atoms with Crippen LogP contribution in [-0.2, 0) is 9.47 Å². The average Bonchev–Trinajstić information content (AvgIpc) is 2.85. The van der Waals surface area contributed by atoms with E-state index in [0.717, 1.165) is 49.4 Å². The highest BCUT2D eigenvalue weighted by Crippen LogP contribution is 2.32. The lowest BCUT2D eigenvalue weighted by atomic mass is 10.1. The lowest BCUT2D eigenvalue weighted by molar-refractivity contribution is 0.0323. The average molecular weight is 492 g/mol. The van der Waals surface area contributed by atoms with Gasteiger partial charge in [0.1, 0.15) is 18.0 Å². The summed E-state index contributed by atoms with van der Waals surface area (Å²) in [4.78, 5) is 27.5. The maximum Gasteiger partial charge on any atom is 0.412 e. The van der Waals surface area contributed by atoms with Crippen molar-refractivity contribution in [2.24, 2.45) is 0 Å². The molecule has 190 valence electrons. The van der Waals surface area contributed by atoms with Crippen molar-refractivity contribution in [3.8, 4) is 5.75 Å². The zero-order chi connectivity index (χ0) is 25.5. The fraction of sp³-hybridized carbons (Fsp3) is 0.357. The minimum atomic E-state index is -0.613. The number of fused-ring (bicyclic) bond motifs is 1. The predicted molar refractivity (Wildman–Crippen MR) is 141 cm³/mol. The molecule has 0 bridgehead atoms. The van der Waals surface area contributed by atoms with Gasteiger partial charge in [0.05, 0.1) is 13.2 Å². The first-order valence-electron chi connectivity index (χ1n) is 12.1. The maximum absolute atomic E-state index is 13.1. The van der Waals surface area contributed by atoms with Crippen molar-refractivity contribution in [2.75, 3.05) is 50.1 Å². The molecular weight excluding hydrogens is 458 g/mol. The Morgan fingerprint density at radius 2 is 1.69 bits per heavy atom. The Morgan fingerprint density at radius 1 is 0.944 bits per heavy atom. The molecule has 8 nitrogen and oxygen atoms in total. The molecule has 4 rings (SSSR count). The largest absolute Gasteiger partial charge is 0.492 e. The van der Waals surface area contributed by atoms with Crippen molar-refractivity contribution in [3.63, 3.8) is 0 Å². The van der Waals surface area contributed by atoms with Crippen LogP contribution in [0, 0.1) is 0 Å². The van der Waals surface area contributed by atoms with E-state index in [1.54, 1.807) is 45.0 Å². The minimum absolute atomic E-state index is 0.283. The second kappa shape index (κ2) is 11.4. The third-order valence-electron chi connectivity index (χ3n) is 5.67. The Bertz CT molecular complexity index is 1220. The highest BCUT2D eigenvalue weighted by atomic mass is 16.6. The molecule has 0 unspecified atom stereocenters. The van der Waals surface area contributed by atoms with E-state index in [-0.39, 0.29) is 5.91 Å². The van der Waals surface area contributed by atoms with Gasteiger partial charge in [0, 0.05) is 47.3 Å². The predicted octanol–water partition coefficient (Wildman–Crippen LogP) is 5.15. The molecule has 1 heterocycles. The Balaban J connectivity index is 1.44. The van der Waals surface area contributed by atoms with Crippen LogP contribution >= 0.6 is 0 Å². The van der Waals surface area contributed by atoms with Crippen LogP contribution in [0.4, 0.5) is 16.2 Å². The summed E-state index contributed by atoms with van der Waals surface area (Å²) in [5.41, 5.74) is 0.962. The van der Waals surface area contributed by atoms with Crippen molar-refractivity contribution in [1.82, 2.24) is 4.90 Å². The van der Waals surface area contributed by atoms with Gasteiger partial charge in [-0.05, 0) is 51.1 Å². The van der Waals surface area contributed by atoms with Crippen LogP contribution in [0.2, 0.25) is 0 Å². The first kappa shape index (κ1) is 25.5. The monoisotopic (exact) mass is 491 g/mol. The molecule has 3 aromatic rings. The number of benzene rings is 3. The van der Waals surface area contributed by atoms with Gasteiger partial charge in [-0.2, -0.15) is 0 Å². The summed E-state index contributed by atoms with van der Waals surface area (Å²) in [6.07, 6.45) is -0.574. The molecule has 0 saturated carbocycles. The molecule has 0 atom stereocenters. The van der Waals surface area contributed by atoms with E-state index < -0.39 is 11.7 Å². The fourth-order valence-corrected chi connectivity index (χ4v) is 3.97. The molecule has 1 aliphatic rings. The number of nitrogens with zero attached hydrogens (tertiary/aromatic N) is 1.